The normalized spacial score (nSPS) is 15.1. The van der Waals surface area contributed by atoms with Crippen LogP contribution < -0.4 is 9.80 Å². The Morgan fingerprint density at radius 2 is 1.86 bits per heavy atom. The smallest absolute Gasteiger partial charge is 0.185 e. The van der Waals surface area contributed by atoms with Gasteiger partial charge in [0.25, 0.3) is 0 Å². The van der Waals surface area contributed by atoms with Gasteiger partial charge < -0.3 is 9.80 Å². The van der Waals surface area contributed by atoms with Gasteiger partial charge in [0, 0.05) is 37.3 Å². The van der Waals surface area contributed by atoms with Crippen molar-refractivity contribution in [2.24, 2.45) is 0 Å². The molecule has 0 aliphatic carbocycles. The zero-order valence-electron chi connectivity index (χ0n) is 12.2. The number of hydrogen-bond donors (Lipinski definition) is 0. The highest BCUT2D eigenvalue weighted by Crippen LogP contribution is 2.26. The highest BCUT2D eigenvalue weighted by atomic mass is 32.1. The number of aromatic nitrogens is 2. The molecule has 1 saturated heterocycles. The molecule has 108 valence electrons. The molecule has 1 aliphatic rings. The van der Waals surface area contributed by atoms with Crippen LogP contribution in [0.2, 0.25) is 0 Å². The van der Waals surface area contributed by atoms with Crippen LogP contribution in [0.4, 0.5) is 10.9 Å². The van der Waals surface area contributed by atoms with Crippen LogP contribution in [-0.4, -0.2) is 36.1 Å². The molecule has 21 heavy (non-hydrogen) atoms. The Kier molecular flexibility index (Phi) is 3.76. The van der Waals surface area contributed by atoms with Crippen LogP contribution in [0.3, 0.4) is 0 Å². The molecule has 6 heteroatoms. The zero-order valence-corrected chi connectivity index (χ0v) is 13.0. The minimum absolute atomic E-state index is 0.603. The Balaban J connectivity index is 1.65. The first-order valence-electron chi connectivity index (χ1n) is 6.97. The number of hydrogen-bond acceptors (Lipinski definition) is 6. The van der Waals surface area contributed by atoms with Gasteiger partial charge in [-0.1, -0.05) is 0 Å². The second kappa shape index (κ2) is 5.70. The summed E-state index contributed by atoms with van der Waals surface area (Å²) in [6.07, 6.45) is 1.63. The van der Waals surface area contributed by atoms with Crippen LogP contribution in [-0.2, 0) is 0 Å². The van der Waals surface area contributed by atoms with Gasteiger partial charge in [0.1, 0.15) is 11.9 Å². The molecule has 3 rings (SSSR count). The first kappa shape index (κ1) is 13.8. The molecule has 5 nitrogen and oxygen atoms in total. The predicted molar refractivity (Wildman–Crippen MR) is 85.0 cm³/mol. The van der Waals surface area contributed by atoms with E-state index in [9.17, 15) is 0 Å². The summed E-state index contributed by atoms with van der Waals surface area (Å²) in [5.41, 5.74) is 1.73. The molecular weight excluding hydrogens is 282 g/mol. The van der Waals surface area contributed by atoms with Crippen molar-refractivity contribution in [1.82, 2.24) is 9.97 Å². The molecule has 0 aromatic carbocycles. The minimum Gasteiger partial charge on any atom is -0.353 e. The van der Waals surface area contributed by atoms with E-state index in [-0.39, 0.29) is 0 Å². The topological polar surface area (TPSA) is 56.1 Å². The number of aryl methyl sites for hydroxylation is 2. The lowest BCUT2D eigenvalue weighted by Gasteiger charge is -2.35. The second-order valence-electron chi connectivity index (χ2n) is 5.13. The van der Waals surface area contributed by atoms with Crippen molar-refractivity contribution >= 4 is 22.3 Å². The second-order valence-corrected chi connectivity index (χ2v) is 6.31. The molecule has 1 aliphatic heterocycles. The summed E-state index contributed by atoms with van der Waals surface area (Å²) in [5.74, 6) is 0.945. The Bertz CT molecular complexity index is 643. The first-order valence-corrected chi connectivity index (χ1v) is 7.79. The van der Waals surface area contributed by atoms with Crippen molar-refractivity contribution in [3.63, 3.8) is 0 Å². The van der Waals surface area contributed by atoms with E-state index in [1.807, 2.05) is 12.1 Å². The Morgan fingerprint density at radius 3 is 2.38 bits per heavy atom. The minimum atomic E-state index is 0.603. The predicted octanol–water partition coefficient (Wildman–Crippen LogP) is 2.35. The summed E-state index contributed by atoms with van der Waals surface area (Å²) in [7, 11) is 0. The number of rotatable bonds is 2. The number of thiazole rings is 1. The van der Waals surface area contributed by atoms with Gasteiger partial charge in [-0.3, -0.25) is 0 Å². The summed E-state index contributed by atoms with van der Waals surface area (Å²) < 4.78 is 0. The van der Waals surface area contributed by atoms with E-state index < -0.39 is 0 Å². The monoisotopic (exact) mass is 299 g/mol. The van der Waals surface area contributed by atoms with E-state index >= 15 is 0 Å². The number of anilines is 2. The van der Waals surface area contributed by atoms with Gasteiger partial charge in [-0.2, -0.15) is 5.26 Å². The number of nitriles is 1. The maximum atomic E-state index is 8.81. The van der Waals surface area contributed by atoms with E-state index in [1.54, 1.807) is 17.5 Å². The lowest BCUT2D eigenvalue weighted by Crippen LogP contribution is -2.46. The molecule has 0 atom stereocenters. The van der Waals surface area contributed by atoms with Crippen molar-refractivity contribution in [3.8, 4) is 6.07 Å². The van der Waals surface area contributed by atoms with Gasteiger partial charge in [0.2, 0.25) is 0 Å². The van der Waals surface area contributed by atoms with Gasteiger partial charge in [-0.25, -0.2) is 9.97 Å². The molecule has 0 radical (unpaired) electrons. The molecule has 0 saturated carbocycles. The fourth-order valence-corrected chi connectivity index (χ4v) is 3.32. The lowest BCUT2D eigenvalue weighted by atomic mass is 10.3. The number of piperazine rings is 1. The summed E-state index contributed by atoms with van der Waals surface area (Å²) in [6.45, 7) is 7.94. The fraction of sp³-hybridized carbons (Fsp3) is 0.400. The van der Waals surface area contributed by atoms with Gasteiger partial charge in [0.05, 0.1) is 11.3 Å². The van der Waals surface area contributed by atoms with Crippen molar-refractivity contribution in [3.05, 3.63) is 34.5 Å². The van der Waals surface area contributed by atoms with E-state index in [2.05, 4.69) is 39.7 Å². The SMILES string of the molecule is Cc1nc(N2CCN(c3ccc(C#N)cn3)CC2)sc1C. The standard InChI is InChI=1S/C15H17N5S/c1-11-12(2)21-15(18-11)20-7-5-19(6-8-20)14-4-3-13(9-16)10-17-14/h3-4,10H,5-8H2,1-2H3. The van der Waals surface area contributed by atoms with E-state index in [4.69, 9.17) is 5.26 Å². The van der Waals surface area contributed by atoms with Crippen LogP contribution in [0.1, 0.15) is 16.1 Å². The third-order valence-electron chi connectivity index (χ3n) is 3.77. The van der Waals surface area contributed by atoms with Gasteiger partial charge in [-0.05, 0) is 26.0 Å². The third-order valence-corrected chi connectivity index (χ3v) is 4.90. The van der Waals surface area contributed by atoms with Gasteiger partial charge in [0.15, 0.2) is 5.13 Å². The van der Waals surface area contributed by atoms with Crippen LogP contribution >= 0.6 is 11.3 Å². The summed E-state index contributed by atoms with van der Waals surface area (Å²) in [4.78, 5) is 14.9. The van der Waals surface area contributed by atoms with Gasteiger partial charge >= 0.3 is 0 Å². The van der Waals surface area contributed by atoms with Crippen LogP contribution in [0.25, 0.3) is 0 Å². The van der Waals surface area contributed by atoms with Crippen LogP contribution in [0.5, 0.6) is 0 Å². The van der Waals surface area contributed by atoms with Crippen molar-refractivity contribution in [1.29, 1.82) is 5.26 Å². The molecule has 0 spiro atoms. The largest absolute Gasteiger partial charge is 0.353 e. The Morgan fingerprint density at radius 1 is 1.14 bits per heavy atom. The van der Waals surface area contributed by atoms with Gasteiger partial charge in [-0.15, -0.1) is 11.3 Å². The lowest BCUT2D eigenvalue weighted by molar-refractivity contribution is 0.645. The molecule has 1 fully saturated rings. The van der Waals surface area contributed by atoms with E-state index in [0.717, 1.165) is 42.8 Å². The van der Waals surface area contributed by atoms with Crippen LogP contribution in [0, 0.1) is 25.2 Å². The Labute approximate surface area is 128 Å². The molecule has 0 N–H and O–H groups in total. The summed E-state index contributed by atoms with van der Waals surface area (Å²) >= 11 is 1.77. The highest BCUT2D eigenvalue weighted by molar-refractivity contribution is 7.15. The average Bonchev–Trinajstić information content (AvgIpc) is 2.87. The molecule has 3 heterocycles. The number of pyridine rings is 1. The van der Waals surface area contributed by atoms with Crippen LogP contribution in [0.15, 0.2) is 18.3 Å². The van der Waals surface area contributed by atoms with Crippen molar-refractivity contribution in [2.75, 3.05) is 36.0 Å². The quantitative estimate of drug-likeness (QED) is 0.852. The van der Waals surface area contributed by atoms with Crippen molar-refractivity contribution in [2.45, 2.75) is 13.8 Å². The number of nitrogens with zero attached hydrogens (tertiary/aromatic N) is 5. The maximum absolute atomic E-state index is 8.81. The summed E-state index contributed by atoms with van der Waals surface area (Å²) in [5, 5.41) is 9.93. The highest BCUT2D eigenvalue weighted by Gasteiger charge is 2.20. The molecule has 2 aromatic heterocycles. The zero-order chi connectivity index (χ0) is 14.8. The van der Waals surface area contributed by atoms with Crippen molar-refractivity contribution < 1.29 is 0 Å². The first-order chi connectivity index (χ1) is 10.2. The molecule has 0 amide bonds. The molecule has 0 bridgehead atoms. The maximum Gasteiger partial charge on any atom is 0.185 e. The molecule has 2 aromatic rings. The molecule has 0 unspecified atom stereocenters. The third kappa shape index (κ3) is 2.83. The Hall–Kier alpha value is -2.13. The molecular formula is C15H17N5S. The summed E-state index contributed by atoms with van der Waals surface area (Å²) in [6, 6.07) is 5.84. The van der Waals surface area contributed by atoms with E-state index in [1.165, 1.54) is 4.88 Å². The fourth-order valence-electron chi connectivity index (χ4n) is 2.36. The van der Waals surface area contributed by atoms with E-state index in [0.29, 0.717) is 5.56 Å². The average molecular weight is 299 g/mol.